The van der Waals surface area contributed by atoms with E-state index in [0.717, 1.165) is 0 Å². The van der Waals surface area contributed by atoms with Crippen molar-refractivity contribution >= 4 is 16.8 Å². The minimum Gasteiger partial charge on any atom is -0.481 e. The average Bonchev–Trinajstić information content (AvgIpc) is 1.84. The third-order valence-electron chi connectivity index (χ3n) is 1.32. The van der Waals surface area contributed by atoms with Gasteiger partial charge < -0.3 is 5.11 Å². The molecule has 11 heavy (non-hydrogen) atoms. The smallest absolute Gasteiger partial charge is 0.304 e. The van der Waals surface area contributed by atoms with Crippen molar-refractivity contribution in [1.29, 1.82) is 0 Å². The van der Waals surface area contributed by atoms with Gasteiger partial charge in [-0.05, 0) is 0 Å². The Kier molecular flexibility index (Phi) is 4.33. The van der Waals surface area contributed by atoms with Crippen molar-refractivity contribution in [2.75, 3.05) is 0 Å². The first-order chi connectivity index (χ1) is 4.95. The second-order valence-corrected chi connectivity index (χ2v) is 5.19. The van der Waals surface area contributed by atoms with Crippen LogP contribution >= 0.6 is 0 Å². The maximum atomic E-state index is 11.2. The molecular formula is C7H14O3S. The third-order valence-corrected chi connectivity index (χ3v) is 3.21. The van der Waals surface area contributed by atoms with Crippen LogP contribution in [-0.2, 0) is 15.6 Å². The summed E-state index contributed by atoms with van der Waals surface area (Å²) in [6.45, 7) is 5.35. The summed E-state index contributed by atoms with van der Waals surface area (Å²) < 4.78 is 11.2. The molecule has 0 aliphatic rings. The molecule has 0 saturated heterocycles. The SMILES string of the molecule is CC(C)S(=O)C(C)CC(=O)O. The van der Waals surface area contributed by atoms with Crippen LogP contribution in [0.15, 0.2) is 0 Å². The van der Waals surface area contributed by atoms with Crippen molar-refractivity contribution in [3.8, 4) is 0 Å². The molecular weight excluding hydrogens is 164 g/mol. The number of hydrogen-bond acceptors (Lipinski definition) is 2. The molecule has 66 valence electrons. The standard InChI is InChI=1S/C7H14O3S/c1-5(2)11(10)6(3)4-7(8)9/h5-6H,4H2,1-3H3,(H,8,9). The molecule has 0 aromatic carbocycles. The topological polar surface area (TPSA) is 54.4 Å². The summed E-state index contributed by atoms with van der Waals surface area (Å²) >= 11 is 0. The molecule has 0 aliphatic carbocycles. The maximum Gasteiger partial charge on any atom is 0.304 e. The summed E-state index contributed by atoms with van der Waals surface area (Å²) in [7, 11) is -1.02. The van der Waals surface area contributed by atoms with Crippen LogP contribution in [0.4, 0.5) is 0 Å². The Morgan fingerprint density at radius 2 is 1.91 bits per heavy atom. The second kappa shape index (κ2) is 4.49. The zero-order valence-electron chi connectivity index (χ0n) is 7.03. The largest absolute Gasteiger partial charge is 0.481 e. The summed E-state index contributed by atoms with van der Waals surface area (Å²) in [5.41, 5.74) is 0. The predicted molar refractivity (Wildman–Crippen MR) is 45.0 cm³/mol. The van der Waals surface area contributed by atoms with Crippen LogP contribution in [0.25, 0.3) is 0 Å². The highest BCUT2D eigenvalue weighted by molar-refractivity contribution is 7.86. The van der Waals surface area contributed by atoms with Gasteiger partial charge in [0.2, 0.25) is 0 Å². The Balaban J connectivity index is 3.93. The van der Waals surface area contributed by atoms with Gasteiger partial charge in [-0.25, -0.2) is 0 Å². The molecule has 0 amide bonds. The molecule has 4 heteroatoms. The molecule has 2 unspecified atom stereocenters. The van der Waals surface area contributed by atoms with Gasteiger partial charge in [-0.1, -0.05) is 20.8 Å². The highest BCUT2D eigenvalue weighted by Crippen LogP contribution is 2.06. The number of carboxylic acid groups (broad SMARTS) is 1. The van der Waals surface area contributed by atoms with Crippen molar-refractivity contribution in [3.05, 3.63) is 0 Å². The number of rotatable bonds is 4. The monoisotopic (exact) mass is 178 g/mol. The Morgan fingerprint density at radius 1 is 1.45 bits per heavy atom. The van der Waals surface area contributed by atoms with Gasteiger partial charge in [0.15, 0.2) is 0 Å². The van der Waals surface area contributed by atoms with Gasteiger partial charge in [0, 0.05) is 21.3 Å². The lowest BCUT2D eigenvalue weighted by atomic mass is 10.3. The third kappa shape index (κ3) is 4.14. The van der Waals surface area contributed by atoms with E-state index in [-0.39, 0.29) is 16.9 Å². The fourth-order valence-electron chi connectivity index (χ4n) is 0.793. The van der Waals surface area contributed by atoms with E-state index in [4.69, 9.17) is 5.11 Å². The molecule has 0 saturated carbocycles. The Hall–Kier alpha value is -0.380. The van der Waals surface area contributed by atoms with Crippen molar-refractivity contribution in [3.63, 3.8) is 0 Å². The zero-order valence-corrected chi connectivity index (χ0v) is 7.85. The average molecular weight is 178 g/mol. The van der Waals surface area contributed by atoms with E-state index in [0.29, 0.717) is 0 Å². The molecule has 0 radical (unpaired) electrons. The van der Waals surface area contributed by atoms with Crippen molar-refractivity contribution in [2.24, 2.45) is 0 Å². The lowest BCUT2D eigenvalue weighted by molar-refractivity contribution is -0.136. The molecule has 0 aromatic heterocycles. The van der Waals surface area contributed by atoms with E-state index in [9.17, 15) is 9.00 Å². The van der Waals surface area contributed by atoms with E-state index >= 15 is 0 Å². The van der Waals surface area contributed by atoms with Crippen molar-refractivity contribution in [1.82, 2.24) is 0 Å². The Bertz CT molecular complexity index is 165. The Labute approximate surface area is 69.3 Å². The first-order valence-electron chi connectivity index (χ1n) is 3.56. The van der Waals surface area contributed by atoms with Crippen LogP contribution < -0.4 is 0 Å². The van der Waals surface area contributed by atoms with Gasteiger partial charge in [-0.2, -0.15) is 0 Å². The van der Waals surface area contributed by atoms with Crippen LogP contribution in [0.5, 0.6) is 0 Å². The maximum absolute atomic E-state index is 11.2. The summed E-state index contributed by atoms with van der Waals surface area (Å²) in [6.07, 6.45) is -0.00914. The molecule has 3 nitrogen and oxygen atoms in total. The summed E-state index contributed by atoms with van der Waals surface area (Å²) in [5, 5.41) is 8.18. The van der Waals surface area contributed by atoms with Gasteiger partial charge in [-0.3, -0.25) is 9.00 Å². The quantitative estimate of drug-likeness (QED) is 0.699. The summed E-state index contributed by atoms with van der Waals surface area (Å²) in [6, 6.07) is 0. The van der Waals surface area contributed by atoms with Crippen LogP contribution in [0.1, 0.15) is 27.2 Å². The lowest BCUT2D eigenvalue weighted by Gasteiger charge is -2.10. The molecule has 0 aliphatic heterocycles. The van der Waals surface area contributed by atoms with Crippen molar-refractivity contribution in [2.45, 2.75) is 37.7 Å². The highest BCUT2D eigenvalue weighted by Gasteiger charge is 2.16. The Morgan fingerprint density at radius 3 is 2.18 bits per heavy atom. The number of aliphatic carboxylic acids is 1. The molecule has 0 spiro atoms. The normalized spacial score (nSPS) is 16.4. The van der Waals surface area contributed by atoms with Crippen LogP contribution in [0, 0.1) is 0 Å². The number of hydrogen-bond donors (Lipinski definition) is 1. The van der Waals surface area contributed by atoms with Gasteiger partial charge in [0.25, 0.3) is 0 Å². The highest BCUT2D eigenvalue weighted by atomic mass is 32.2. The van der Waals surface area contributed by atoms with E-state index in [1.807, 2.05) is 13.8 Å². The molecule has 0 aromatic rings. The minimum atomic E-state index is -1.02. The van der Waals surface area contributed by atoms with E-state index < -0.39 is 16.8 Å². The fourth-order valence-corrected chi connectivity index (χ4v) is 2.03. The minimum absolute atomic E-state index is 0.00914. The van der Waals surface area contributed by atoms with E-state index in [1.165, 1.54) is 0 Å². The number of carbonyl (C=O) groups is 1. The van der Waals surface area contributed by atoms with Gasteiger partial charge >= 0.3 is 5.97 Å². The molecule has 0 rings (SSSR count). The molecule has 0 fully saturated rings. The molecule has 1 N–H and O–H groups in total. The van der Waals surface area contributed by atoms with Gasteiger partial charge in [-0.15, -0.1) is 0 Å². The van der Waals surface area contributed by atoms with Crippen LogP contribution in [0.2, 0.25) is 0 Å². The van der Waals surface area contributed by atoms with E-state index in [2.05, 4.69) is 0 Å². The van der Waals surface area contributed by atoms with Gasteiger partial charge in [0.1, 0.15) is 0 Å². The van der Waals surface area contributed by atoms with E-state index in [1.54, 1.807) is 6.92 Å². The molecule has 0 heterocycles. The zero-order chi connectivity index (χ0) is 9.02. The molecule has 2 atom stereocenters. The first-order valence-corrected chi connectivity index (χ1v) is 4.84. The summed E-state index contributed by atoms with van der Waals surface area (Å²) in [5.74, 6) is -0.883. The lowest BCUT2D eigenvalue weighted by Crippen LogP contribution is -2.21. The second-order valence-electron chi connectivity index (χ2n) is 2.79. The number of carboxylic acids is 1. The van der Waals surface area contributed by atoms with Crippen molar-refractivity contribution < 1.29 is 14.1 Å². The predicted octanol–water partition coefficient (Wildman–Crippen LogP) is 1.01. The van der Waals surface area contributed by atoms with Gasteiger partial charge in [0.05, 0.1) is 6.42 Å². The van der Waals surface area contributed by atoms with Crippen LogP contribution in [-0.4, -0.2) is 25.8 Å². The van der Waals surface area contributed by atoms with Crippen LogP contribution in [0.3, 0.4) is 0 Å². The first kappa shape index (κ1) is 10.6. The summed E-state index contributed by atoms with van der Waals surface area (Å²) in [4.78, 5) is 10.2. The fraction of sp³-hybridized carbons (Fsp3) is 0.857. The molecule has 0 bridgehead atoms.